The third-order valence-corrected chi connectivity index (χ3v) is 5.28. The monoisotopic (exact) mass is 405 g/mol. The number of primary amides is 1. The summed E-state index contributed by atoms with van der Waals surface area (Å²) in [7, 11) is 1.60. The number of aromatic nitrogens is 2. The van der Waals surface area contributed by atoms with E-state index in [0.29, 0.717) is 6.54 Å². The van der Waals surface area contributed by atoms with Crippen molar-refractivity contribution in [3.63, 3.8) is 0 Å². The molecular formula is C24H27N3O3. The van der Waals surface area contributed by atoms with Crippen molar-refractivity contribution in [3.05, 3.63) is 82.2 Å². The molecule has 0 atom stereocenters. The lowest BCUT2D eigenvalue weighted by molar-refractivity contribution is 0.0980. The van der Waals surface area contributed by atoms with Crippen LogP contribution in [0.25, 0.3) is 0 Å². The number of rotatable bonds is 9. The smallest absolute Gasteiger partial charge is 0.267 e. The van der Waals surface area contributed by atoms with Gasteiger partial charge in [-0.2, -0.15) is 5.10 Å². The summed E-state index contributed by atoms with van der Waals surface area (Å²) in [5.41, 5.74) is 10.3. The number of benzene rings is 2. The van der Waals surface area contributed by atoms with Crippen molar-refractivity contribution in [3.8, 4) is 5.75 Å². The van der Waals surface area contributed by atoms with E-state index in [-0.39, 0.29) is 23.6 Å². The Labute approximate surface area is 176 Å². The molecule has 3 rings (SSSR count). The minimum Gasteiger partial charge on any atom is -0.497 e. The van der Waals surface area contributed by atoms with Crippen LogP contribution in [0.15, 0.2) is 48.5 Å². The van der Waals surface area contributed by atoms with E-state index in [2.05, 4.69) is 31.1 Å². The van der Waals surface area contributed by atoms with Gasteiger partial charge in [-0.05, 0) is 47.2 Å². The number of ketones is 1. The molecule has 1 aromatic heterocycles. The zero-order valence-corrected chi connectivity index (χ0v) is 17.6. The lowest BCUT2D eigenvalue weighted by Gasteiger charge is -2.11. The maximum Gasteiger partial charge on any atom is 0.267 e. The van der Waals surface area contributed by atoms with Crippen LogP contribution in [0.3, 0.4) is 0 Å². The van der Waals surface area contributed by atoms with Crippen LogP contribution in [0.4, 0.5) is 0 Å². The van der Waals surface area contributed by atoms with Crippen LogP contribution < -0.4 is 10.5 Å². The molecule has 3 aromatic rings. The van der Waals surface area contributed by atoms with Gasteiger partial charge in [0, 0.05) is 12.5 Å². The molecule has 1 amide bonds. The Bertz CT molecular complexity index is 1030. The minimum absolute atomic E-state index is 0.124. The van der Waals surface area contributed by atoms with Crippen LogP contribution in [-0.4, -0.2) is 28.6 Å². The van der Waals surface area contributed by atoms with Gasteiger partial charge in [0.25, 0.3) is 5.91 Å². The Morgan fingerprint density at radius 2 is 1.67 bits per heavy atom. The van der Waals surface area contributed by atoms with Crippen molar-refractivity contribution < 1.29 is 14.3 Å². The molecule has 0 unspecified atom stereocenters. The van der Waals surface area contributed by atoms with Gasteiger partial charge in [-0.1, -0.05) is 44.2 Å². The molecule has 1 heterocycles. The number of carbonyl (C=O) groups excluding carboxylic acids is 2. The highest BCUT2D eigenvalue weighted by molar-refractivity contribution is 5.99. The van der Waals surface area contributed by atoms with Crippen molar-refractivity contribution in [1.82, 2.24) is 9.78 Å². The van der Waals surface area contributed by atoms with Crippen LogP contribution in [0.5, 0.6) is 5.75 Å². The fraction of sp³-hybridized carbons (Fsp3) is 0.292. The molecule has 156 valence electrons. The van der Waals surface area contributed by atoms with E-state index in [1.54, 1.807) is 7.11 Å². The number of hydrogen-bond donors (Lipinski definition) is 1. The van der Waals surface area contributed by atoms with Gasteiger partial charge in [0.1, 0.15) is 17.1 Å². The molecule has 0 aliphatic heterocycles. The van der Waals surface area contributed by atoms with Crippen molar-refractivity contribution in [2.24, 2.45) is 5.73 Å². The average Bonchev–Trinajstić information content (AvgIpc) is 3.18. The van der Waals surface area contributed by atoms with Crippen LogP contribution in [-0.2, 0) is 25.8 Å². The first-order chi connectivity index (χ1) is 14.5. The molecular weight excluding hydrogens is 378 g/mol. The van der Waals surface area contributed by atoms with E-state index < -0.39 is 5.91 Å². The fourth-order valence-electron chi connectivity index (χ4n) is 3.60. The average molecular weight is 405 g/mol. The summed E-state index contributed by atoms with van der Waals surface area (Å²) in [6.45, 7) is 4.50. The van der Waals surface area contributed by atoms with Crippen molar-refractivity contribution >= 4 is 11.7 Å². The quantitative estimate of drug-likeness (QED) is 0.551. The second kappa shape index (κ2) is 9.39. The number of hydrogen-bond acceptors (Lipinski definition) is 4. The van der Waals surface area contributed by atoms with E-state index in [1.165, 1.54) is 10.7 Å². The number of nitrogens with zero attached hydrogens (tertiary/aromatic N) is 2. The molecule has 0 spiro atoms. The molecule has 2 aromatic carbocycles. The van der Waals surface area contributed by atoms with Crippen LogP contribution in [0.1, 0.15) is 57.1 Å². The molecule has 0 radical (unpaired) electrons. The zero-order chi connectivity index (χ0) is 21.7. The Morgan fingerprint density at radius 1 is 1.03 bits per heavy atom. The van der Waals surface area contributed by atoms with Crippen LogP contribution in [0.2, 0.25) is 0 Å². The number of ether oxygens (including phenoxy) is 1. The molecule has 0 aliphatic carbocycles. The molecule has 0 saturated carbocycles. The lowest BCUT2D eigenvalue weighted by Crippen LogP contribution is -2.18. The Kier molecular flexibility index (Phi) is 6.67. The normalized spacial score (nSPS) is 10.8. The van der Waals surface area contributed by atoms with E-state index in [9.17, 15) is 9.59 Å². The maximum atomic E-state index is 13.0. The Balaban J connectivity index is 1.89. The van der Waals surface area contributed by atoms with Crippen LogP contribution >= 0.6 is 0 Å². The number of Topliss-reactive ketones (excluding diaryl/α,β-unsaturated/α-hetero) is 1. The number of nitrogens with two attached hydrogens (primary N) is 1. The highest BCUT2D eigenvalue weighted by Gasteiger charge is 2.20. The second-order valence-corrected chi connectivity index (χ2v) is 7.15. The second-order valence-electron chi connectivity index (χ2n) is 7.15. The van der Waals surface area contributed by atoms with Gasteiger partial charge in [-0.25, -0.2) is 0 Å². The van der Waals surface area contributed by atoms with E-state index in [0.717, 1.165) is 40.8 Å². The first kappa shape index (κ1) is 21.3. The van der Waals surface area contributed by atoms with E-state index in [4.69, 9.17) is 10.5 Å². The number of methoxy groups -OCH3 is 1. The van der Waals surface area contributed by atoms with Gasteiger partial charge in [0.05, 0.1) is 13.7 Å². The van der Waals surface area contributed by atoms with E-state index in [1.807, 2.05) is 30.3 Å². The molecule has 0 aliphatic rings. The summed E-state index contributed by atoms with van der Waals surface area (Å²) in [5.74, 6) is 0.00590. The van der Waals surface area contributed by atoms with Crippen molar-refractivity contribution in [2.45, 2.75) is 39.7 Å². The number of aryl methyl sites for hydroxylation is 2. The largest absolute Gasteiger partial charge is 0.497 e. The summed E-state index contributed by atoms with van der Waals surface area (Å²) in [5, 5.41) is 4.41. The zero-order valence-electron chi connectivity index (χ0n) is 17.6. The lowest BCUT2D eigenvalue weighted by atomic mass is 9.93. The highest BCUT2D eigenvalue weighted by atomic mass is 16.5. The molecule has 0 saturated heterocycles. The van der Waals surface area contributed by atoms with Crippen molar-refractivity contribution in [2.75, 3.05) is 7.11 Å². The van der Waals surface area contributed by atoms with Crippen LogP contribution in [0, 0.1) is 0 Å². The summed E-state index contributed by atoms with van der Waals surface area (Å²) >= 11 is 0. The van der Waals surface area contributed by atoms with Gasteiger partial charge in [-0.15, -0.1) is 0 Å². The maximum absolute atomic E-state index is 13.0. The van der Waals surface area contributed by atoms with Gasteiger partial charge in [0.2, 0.25) is 0 Å². The molecule has 2 N–H and O–H groups in total. The van der Waals surface area contributed by atoms with E-state index >= 15 is 0 Å². The first-order valence-corrected chi connectivity index (χ1v) is 10.1. The topological polar surface area (TPSA) is 87.2 Å². The van der Waals surface area contributed by atoms with Gasteiger partial charge < -0.3 is 10.5 Å². The predicted molar refractivity (Wildman–Crippen MR) is 116 cm³/mol. The SMILES string of the molecule is CCc1cccc(CC)c1CC(=O)c1cc(C(N)=O)n(Cc2ccc(OC)cc2)n1. The van der Waals surface area contributed by atoms with Gasteiger partial charge in [0.15, 0.2) is 5.78 Å². The van der Waals surface area contributed by atoms with Crippen molar-refractivity contribution in [1.29, 1.82) is 0 Å². The summed E-state index contributed by atoms with van der Waals surface area (Å²) in [6, 6.07) is 15.1. The molecule has 6 nitrogen and oxygen atoms in total. The Morgan fingerprint density at radius 3 is 2.20 bits per heavy atom. The third kappa shape index (κ3) is 4.59. The van der Waals surface area contributed by atoms with Gasteiger partial charge in [-0.3, -0.25) is 14.3 Å². The predicted octanol–water partition coefficient (Wildman–Crippen LogP) is 3.59. The summed E-state index contributed by atoms with van der Waals surface area (Å²) in [4.78, 5) is 25.0. The number of amides is 1. The van der Waals surface area contributed by atoms with Gasteiger partial charge >= 0.3 is 0 Å². The minimum atomic E-state index is -0.613. The number of carbonyl (C=O) groups is 2. The Hall–Kier alpha value is -3.41. The molecule has 0 bridgehead atoms. The molecule has 6 heteroatoms. The molecule has 0 fully saturated rings. The standard InChI is InChI=1S/C24H27N3O3/c1-4-17-7-6-8-18(5-2)20(17)13-23(28)21-14-22(24(25)29)27(26-21)15-16-9-11-19(30-3)12-10-16/h6-12,14H,4-5,13,15H2,1-3H3,(H2,25,29). The third-order valence-electron chi connectivity index (χ3n) is 5.28. The first-order valence-electron chi connectivity index (χ1n) is 10.1. The summed E-state index contributed by atoms with van der Waals surface area (Å²) in [6.07, 6.45) is 1.97. The highest BCUT2D eigenvalue weighted by Crippen LogP contribution is 2.20. The molecule has 30 heavy (non-hydrogen) atoms. The fourth-order valence-corrected chi connectivity index (χ4v) is 3.60. The summed E-state index contributed by atoms with van der Waals surface area (Å²) < 4.78 is 6.66.